The number of hydrogen-bond acceptors (Lipinski definition) is 7. The molecule has 1 aromatic heterocycles. The molecule has 0 saturated heterocycles. The molecule has 0 aliphatic heterocycles. The first-order valence-electron chi connectivity index (χ1n) is 7.16. The topological polar surface area (TPSA) is 106 Å². The minimum absolute atomic E-state index is 0.116. The number of carbonyl (C=O) groups is 2. The lowest BCUT2D eigenvalue weighted by molar-refractivity contribution is -0.143. The quantitative estimate of drug-likeness (QED) is 0.787. The number of aromatic nitrogens is 1. The van der Waals surface area contributed by atoms with Crippen LogP contribution in [0.3, 0.4) is 0 Å². The van der Waals surface area contributed by atoms with E-state index in [0.717, 1.165) is 0 Å². The van der Waals surface area contributed by atoms with Gasteiger partial charge in [0.2, 0.25) is 5.43 Å². The third kappa shape index (κ3) is 3.73. The summed E-state index contributed by atoms with van der Waals surface area (Å²) in [6.45, 7) is 3.00. The number of esters is 2. The Bertz CT molecular complexity index is 901. The second-order valence-corrected chi connectivity index (χ2v) is 4.82. The fraction of sp³-hybridized carbons (Fsp3) is 0.235. The zero-order valence-electron chi connectivity index (χ0n) is 13.1. The molecule has 0 saturated carbocycles. The Balaban J connectivity index is 2.54. The molecule has 24 heavy (non-hydrogen) atoms. The van der Waals surface area contributed by atoms with E-state index in [0.29, 0.717) is 10.9 Å². The summed E-state index contributed by atoms with van der Waals surface area (Å²) in [4.78, 5) is 39.0. The van der Waals surface area contributed by atoms with Crippen molar-refractivity contribution in [1.29, 1.82) is 5.26 Å². The van der Waals surface area contributed by atoms with E-state index >= 15 is 0 Å². The van der Waals surface area contributed by atoms with Crippen LogP contribution < -0.4 is 10.2 Å². The average Bonchev–Trinajstić information content (AvgIpc) is 2.68. The van der Waals surface area contributed by atoms with Crippen LogP contribution in [-0.4, -0.2) is 23.5 Å². The van der Waals surface area contributed by atoms with Crippen molar-refractivity contribution in [3.63, 3.8) is 0 Å². The average molecular weight is 326 g/mol. The van der Waals surface area contributed by atoms with Gasteiger partial charge in [-0.2, -0.15) is 5.26 Å². The summed E-state index contributed by atoms with van der Waals surface area (Å²) in [5, 5.41) is 9.71. The van der Waals surface area contributed by atoms with Crippen LogP contribution in [0.5, 0.6) is 5.75 Å². The Kier molecular flexibility index (Phi) is 5.22. The van der Waals surface area contributed by atoms with Gasteiger partial charge in [0.25, 0.3) is 0 Å². The fourth-order valence-corrected chi connectivity index (χ4v) is 2.07. The van der Waals surface area contributed by atoms with Crippen LogP contribution in [0.25, 0.3) is 10.9 Å². The molecule has 1 atom stereocenters. The van der Waals surface area contributed by atoms with E-state index in [1.54, 1.807) is 13.0 Å². The van der Waals surface area contributed by atoms with Gasteiger partial charge in [-0.05, 0) is 31.2 Å². The SMILES string of the molecule is CCOC(=O)C(C#N)c1ccc2cc(OC(C)=O)c(=O)ccc2n1. The maximum absolute atomic E-state index is 11.9. The number of rotatable bonds is 4. The highest BCUT2D eigenvalue weighted by Crippen LogP contribution is 2.20. The van der Waals surface area contributed by atoms with Gasteiger partial charge in [0.05, 0.1) is 23.9 Å². The van der Waals surface area contributed by atoms with E-state index in [4.69, 9.17) is 9.47 Å². The maximum atomic E-state index is 11.9. The highest BCUT2D eigenvalue weighted by atomic mass is 16.5. The van der Waals surface area contributed by atoms with Crippen LogP contribution in [0.1, 0.15) is 25.5 Å². The number of fused-ring (bicyclic) bond motifs is 1. The number of pyridine rings is 1. The number of ether oxygens (including phenoxy) is 2. The largest absolute Gasteiger partial charge is 0.465 e. The van der Waals surface area contributed by atoms with Crippen molar-refractivity contribution >= 4 is 22.8 Å². The molecule has 0 aliphatic carbocycles. The third-order valence-electron chi connectivity index (χ3n) is 3.10. The van der Waals surface area contributed by atoms with Crippen molar-refractivity contribution < 1.29 is 19.1 Å². The summed E-state index contributed by atoms with van der Waals surface area (Å²) in [6, 6.07) is 8.98. The van der Waals surface area contributed by atoms with Crippen molar-refractivity contribution in [1.82, 2.24) is 4.98 Å². The fourth-order valence-electron chi connectivity index (χ4n) is 2.07. The first-order chi connectivity index (χ1) is 11.5. The summed E-state index contributed by atoms with van der Waals surface area (Å²) in [7, 11) is 0. The monoisotopic (exact) mass is 326 g/mol. The summed E-state index contributed by atoms with van der Waals surface area (Å²) >= 11 is 0. The molecular formula is C17H14N2O5. The summed E-state index contributed by atoms with van der Waals surface area (Å²) < 4.78 is 9.73. The minimum atomic E-state index is -1.15. The summed E-state index contributed by atoms with van der Waals surface area (Å²) in [6.07, 6.45) is 0. The highest BCUT2D eigenvalue weighted by molar-refractivity contribution is 5.84. The molecule has 1 heterocycles. The standard InChI is InChI=1S/C17H14N2O5/c1-3-23-17(22)12(9-18)14-5-4-11-8-16(24-10(2)20)15(21)7-6-13(11)19-14/h4-8,12H,3H2,1-2H3. The lowest BCUT2D eigenvalue weighted by Gasteiger charge is -2.08. The molecule has 1 aromatic carbocycles. The summed E-state index contributed by atoms with van der Waals surface area (Å²) in [5.74, 6) is -2.56. The van der Waals surface area contributed by atoms with Crippen LogP contribution in [-0.2, 0) is 14.3 Å². The van der Waals surface area contributed by atoms with Crippen LogP contribution in [0.15, 0.2) is 35.1 Å². The van der Waals surface area contributed by atoms with Gasteiger partial charge < -0.3 is 9.47 Å². The van der Waals surface area contributed by atoms with Gasteiger partial charge in [-0.3, -0.25) is 19.4 Å². The van der Waals surface area contributed by atoms with E-state index < -0.39 is 23.3 Å². The van der Waals surface area contributed by atoms with Crippen molar-refractivity contribution in [2.45, 2.75) is 19.8 Å². The zero-order chi connectivity index (χ0) is 17.7. The third-order valence-corrected chi connectivity index (χ3v) is 3.10. The molecular weight excluding hydrogens is 312 g/mol. The Morgan fingerprint density at radius 3 is 2.67 bits per heavy atom. The molecule has 7 heteroatoms. The summed E-state index contributed by atoms with van der Waals surface area (Å²) in [5.41, 5.74) is 0.121. The van der Waals surface area contributed by atoms with E-state index in [-0.39, 0.29) is 18.1 Å². The van der Waals surface area contributed by atoms with Gasteiger partial charge in [-0.15, -0.1) is 0 Å². The first-order valence-corrected chi connectivity index (χ1v) is 7.16. The van der Waals surface area contributed by atoms with Gasteiger partial charge in [-0.25, -0.2) is 0 Å². The second-order valence-electron chi connectivity index (χ2n) is 4.82. The van der Waals surface area contributed by atoms with E-state index in [1.807, 2.05) is 6.07 Å². The zero-order valence-corrected chi connectivity index (χ0v) is 13.1. The molecule has 0 N–H and O–H groups in total. The van der Waals surface area contributed by atoms with E-state index in [9.17, 15) is 19.6 Å². The highest BCUT2D eigenvalue weighted by Gasteiger charge is 2.23. The molecule has 0 radical (unpaired) electrons. The van der Waals surface area contributed by atoms with Gasteiger partial charge in [-0.1, -0.05) is 6.07 Å². The predicted molar refractivity (Wildman–Crippen MR) is 84.3 cm³/mol. The van der Waals surface area contributed by atoms with Gasteiger partial charge in [0.1, 0.15) is 0 Å². The molecule has 122 valence electrons. The lowest BCUT2D eigenvalue weighted by atomic mass is 10.1. The molecule has 1 unspecified atom stereocenters. The molecule has 0 fully saturated rings. The van der Waals surface area contributed by atoms with Crippen molar-refractivity contribution in [3.05, 3.63) is 46.2 Å². The Hall–Kier alpha value is -3.27. The van der Waals surface area contributed by atoms with Crippen LogP contribution in [0, 0.1) is 11.3 Å². The van der Waals surface area contributed by atoms with Crippen molar-refractivity contribution in [2.24, 2.45) is 0 Å². The van der Waals surface area contributed by atoms with Crippen LogP contribution in [0.4, 0.5) is 0 Å². The molecule has 0 spiro atoms. The Labute approximate surface area is 137 Å². The van der Waals surface area contributed by atoms with Crippen molar-refractivity contribution in [3.8, 4) is 11.8 Å². The van der Waals surface area contributed by atoms with Gasteiger partial charge >= 0.3 is 11.9 Å². The Morgan fingerprint density at radius 2 is 2.04 bits per heavy atom. The second kappa shape index (κ2) is 7.33. The van der Waals surface area contributed by atoms with E-state index in [2.05, 4.69) is 4.98 Å². The first kappa shape index (κ1) is 17.1. The predicted octanol–water partition coefficient (Wildman–Crippen LogP) is 1.69. The number of nitriles is 1. The molecule has 0 aliphatic rings. The molecule has 7 nitrogen and oxygen atoms in total. The smallest absolute Gasteiger partial charge is 0.329 e. The van der Waals surface area contributed by atoms with Crippen LogP contribution in [0.2, 0.25) is 0 Å². The molecule has 0 amide bonds. The number of hydrogen-bond donors (Lipinski definition) is 0. The van der Waals surface area contributed by atoms with Crippen LogP contribution >= 0.6 is 0 Å². The normalized spacial score (nSPS) is 11.4. The molecule has 0 bridgehead atoms. The molecule has 2 aromatic rings. The number of carbonyl (C=O) groups excluding carboxylic acids is 2. The van der Waals surface area contributed by atoms with Gasteiger partial charge in [0.15, 0.2) is 11.7 Å². The molecule has 2 rings (SSSR count). The van der Waals surface area contributed by atoms with Crippen molar-refractivity contribution in [2.75, 3.05) is 6.61 Å². The minimum Gasteiger partial charge on any atom is -0.465 e. The lowest BCUT2D eigenvalue weighted by Crippen LogP contribution is -2.15. The Morgan fingerprint density at radius 1 is 1.29 bits per heavy atom. The van der Waals surface area contributed by atoms with E-state index in [1.165, 1.54) is 31.2 Å². The van der Waals surface area contributed by atoms with Gasteiger partial charge in [0, 0.05) is 12.3 Å². The maximum Gasteiger partial charge on any atom is 0.329 e. The number of nitrogens with zero attached hydrogens (tertiary/aromatic N) is 2.